The number of nitrogens with one attached hydrogen (secondary N) is 2. The molecule has 1 aliphatic heterocycles. The molecule has 3 rings (SSSR count). The van der Waals surface area contributed by atoms with E-state index in [9.17, 15) is 4.39 Å². The number of hydrogen-bond acceptors (Lipinski definition) is 10. The highest BCUT2D eigenvalue weighted by molar-refractivity contribution is 5.44. The SMILES string of the molecule is NCCOCCOCCNc1nc(NCc2cccc(F)c2)nc(N2CCOCC2)n1. The van der Waals surface area contributed by atoms with Crippen molar-refractivity contribution in [2.24, 2.45) is 5.73 Å². The van der Waals surface area contributed by atoms with Crippen LogP contribution in [-0.4, -0.2) is 80.8 Å². The van der Waals surface area contributed by atoms with Gasteiger partial charge in [0.25, 0.3) is 0 Å². The van der Waals surface area contributed by atoms with E-state index >= 15 is 0 Å². The van der Waals surface area contributed by atoms with Gasteiger partial charge in [0.1, 0.15) is 5.82 Å². The van der Waals surface area contributed by atoms with E-state index in [4.69, 9.17) is 19.9 Å². The smallest absolute Gasteiger partial charge is 0.232 e. The summed E-state index contributed by atoms with van der Waals surface area (Å²) >= 11 is 0. The number of anilines is 3. The van der Waals surface area contributed by atoms with Crippen molar-refractivity contribution >= 4 is 17.8 Å². The third-order valence-electron chi connectivity index (χ3n) is 4.42. The minimum Gasteiger partial charge on any atom is -0.378 e. The monoisotopic (exact) mass is 435 g/mol. The second-order valence-electron chi connectivity index (χ2n) is 6.81. The Morgan fingerprint density at radius 2 is 1.74 bits per heavy atom. The summed E-state index contributed by atoms with van der Waals surface area (Å²) < 4.78 is 29.6. The number of halogens is 1. The lowest BCUT2D eigenvalue weighted by molar-refractivity contribution is 0.0547. The highest BCUT2D eigenvalue weighted by Crippen LogP contribution is 2.16. The number of hydrogen-bond donors (Lipinski definition) is 3. The van der Waals surface area contributed by atoms with Gasteiger partial charge >= 0.3 is 0 Å². The molecule has 1 saturated heterocycles. The second-order valence-corrected chi connectivity index (χ2v) is 6.81. The summed E-state index contributed by atoms with van der Waals surface area (Å²) in [4.78, 5) is 15.5. The standard InChI is InChI=1S/C20H30FN7O3/c21-17-3-1-2-16(14-17)15-24-19-25-18(23-5-9-30-13-12-29-8-4-22)26-20(27-19)28-6-10-31-11-7-28/h1-3,14H,4-13,15,22H2,(H2,23,24,25,26,27). The van der Waals surface area contributed by atoms with Crippen molar-refractivity contribution in [3.63, 3.8) is 0 Å². The summed E-state index contributed by atoms with van der Waals surface area (Å²) in [6, 6.07) is 6.41. The summed E-state index contributed by atoms with van der Waals surface area (Å²) in [6.07, 6.45) is 0. The summed E-state index contributed by atoms with van der Waals surface area (Å²) in [5.41, 5.74) is 6.17. The zero-order valence-electron chi connectivity index (χ0n) is 17.6. The van der Waals surface area contributed by atoms with E-state index < -0.39 is 0 Å². The molecule has 10 nitrogen and oxygen atoms in total. The molecule has 2 aromatic rings. The van der Waals surface area contributed by atoms with E-state index in [1.807, 2.05) is 6.07 Å². The van der Waals surface area contributed by atoms with Crippen LogP contribution < -0.4 is 21.3 Å². The van der Waals surface area contributed by atoms with E-state index in [0.717, 1.165) is 5.56 Å². The molecule has 0 amide bonds. The first kappa shape index (κ1) is 23.1. The quantitative estimate of drug-likeness (QED) is 0.391. The van der Waals surface area contributed by atoms with Crippen LogP contribution in [0.4, 0.5) is 22.2 Å². The Hall–Kier alpha value is -2.60. The predicted octanol–water partition coefficient (Wildman–Crippen LogP) is 0.863. The van der Waals surface area contributed by atoms with Gasteiger partial charge in [-0.15, -0.1) is 0 Å². The molecule has 1 aromatic heterocycles. The lowest BCUT2D eigenvalue weighted by Crippen LogP contribution is -2.37. The molecule has 0 spiro atoms. The molecule has 11 heteroatoms. The molecule has 0 radical (unpaired) electrons. The molecule has 170 valence electrons. The second kappa shape index (κ2) is 13.0. The van der Waals surface area contributed by atoms with Gasteiger partial charge in [0.05, 0.1) is 39.6 Å². The van der Waals surface area contributed by atoms with Crippen molar-refractivity contribution in [1.82, 2.24) is 15.0 Å². The molecule has 1 aliphatic rings. The van der Waals surface area contributed by atoms with Crippen LogP contribution in [0, 0.1) is 5.82 Å². The van der Waals surface area contributed by atoms with Gasteiger partial charge in [-0.1, -0.05) is 12.1 Å². The molecule has 0 saturated carbocycles. The van der Waals surface area contributed by atoms with Gasteiger partial charge in [0, 0.05) is 32.7 Å². The highest BCUT2D eigenvalue weighted by atomic mass is 19.1. The Balaban J connectivity index is 1.57. The van der Waals surface area contributed by atoms with Crippen molar-refractivity contribution in [2.45, 2.75) is 6.54 Å². The van der Waals surface area contributed by atoms with Crippen LogP contribution in [0.3, 0.4) is 0 Å². The molecular weight excluding hydrogens is 405 g/mol. The topological polar surface area (TPSA) is 120 Å². The molecule has 1 fully saturated rings. The van der Waals surface area contributed by atoms with E-state index in [1.54, 1.807) is 6.07 Å². The molecule has 0 aliphatic carbocycles. The lowest BCUT2D eigenvalue weighted by atomic mass is 10.2. The minimum atomic E-state index is -0.278. The van der Waals surface area contributed by atoms with Crippen LogP contribution in [0.5, 0.6) is 0 Å². The van der Waals surface area contributed by atoms with Crippen LogP contribution >= 0.6 is 0 Å². The third-order valence-corrected chi connectivity index (χ3v) is 4.42. The Labute approximate surface area is 181 Å². The van der Waals surface area contributed by atoms with Gasteiger partial charge in [0.2, 0.25) is 17.8 Å². The maximum absolute atomic E-state index is 13.4. The average molecular weight is 436 g/mol. The number of aromatic nitrogens is 3. The maximum Gasteiger partial charge on any atom is 0.232 e. The van der Waals surface area contributed by atoms with Crippen molar-refractivity contribution in [1.29, 1.82) is 0 Å². The fourth-order valence-corrected chi connectivity index (χ4v) is 2.90. The fraction of sp³-hybridized carbons (Fsp3) is 0.550. The Kier molecular flexibility index (Phi) is 9.64. The summed E-state index contributed by atoms with van der Waals surface area (Å²) in [5.74, 6) is 1.15. The zero-order chi connectivity index (χ0) is 21.7. The van der Waals surface area contributed by atoms with Crippen molar-refractivity contribution in [3.8, 4) is 0 Å². The molecule has 1 aromatic carbocycles. The predicted molar refractivity (Wildman–Crippen MR) is 116 cm³/mol. The van der Waals surface area contributed by atoms with Crippen LogP contribution in [0.2, 0.25) is 0 Å². The van der Waals surface area contributed by atoms with Gasteiger partial charge in [-0.3, -0.25) is 0 Å². The molecule has 0 unspecified atom stereocenters. The molecule has 4 N–H and O–H groups in total. The van der Waals surface area contributed by atoms with E-state index in [0.29, 0.717) is 90.2 Å². The number of benzene rings is 1. The maximum atomic E-state index is 13.4. The third kappa shape index (κ3) is 8.21. The highest BCUT2D eigenvalue weighted by Gasteiger charge is 2.16. The van der Waals surface area contributed by atoms with E-state index in [1.165, 1.54) is 12.1 Å². The summed E-state index contributed by atoms with van der Waals surface area (Å²) in [5, 5.41) is 6.32. The number of ether oxygens (including phenoxy) is 3. The molecule has 2 heterocycles. The minimum absolute atomic E-state index is 0.278. The number of rotatable bonds is 13. The Bertz CT molecular complexity index is 793. The molecular formula is C20H30FN7O3. The van der Waals surface area contributed by atoms with Crippen LogP contribution in [0.15, 0.2) is 24.3 Å². The number of nitrogens with two attached hydrogens (primary N) is 1. The van der Waals surface area contributed by atoms with Gasteiger partial charge in [-0.25, -0.2) is 4.39 Å². The van der Waals surface area contributed by atoms with Gasteiger partial charge < -0.3 is 35.5 Å². The molecule has 0 bridgehead atoms. The van der Waals surface area contributed by atoms with Gasteiger partial charge in [-0.05, 0) is 17.7 Å². The van der Waals surface area contributed by atoms with E-state index in [2.05, 4.69) is 30.5 Å². The van der Waals surface area contributed by atoms with Crippen molar-refractivity contribution < 1.29 is 18.6 Å². The van der Waals surface area contributed by atoms with Crippen molar-refractivity contribution in [3.05, 3.63) is 35.6 Å². The number of nitrogens with zero attached hydrogens (tertiary/aromatic N) is 4. The summed E-state index contributed by atoms with van der Waals surface area (Å²) in [6.45, 7) is 6.12. The summed E-state index contributed by atoms with van der Waals surface area (Å²) in [7, 11) is 0. The van der Waals surface area contributed by atoms with Gasteiger partial charge in [0.15, 0.2) is 0 Å². The Morgan fingerprint density at radius 3 is 2.48 bits per heavy atom. The first-order valence-electron chi connectivity index (χ1n) is 10.4. The number of morpholine rings is 1. The van der Waals surface area contributed by atoms with E-state index in [-0.39, 0.29) is 5.82 Å². The lowest BCUT2D eigenvalue weighted by Gasteiger charge is -2.27. The average Bonchev–Trinajstić information content (AvgIpc) is 2.80. The largest absolute Gasteiger partial charge is 0.378 e. The zero-order valence-corrected chi connectivity index (χ0v) is 17.6. The normalized spacial score (nSPS) is 13.9. The van der Waals surface area contributed by atoms with Crippen LogP contribution in [-0.2, 0) is 20.8 Å². The van der Waals surface area contributed by atoms with Crippen LogP contribution in [0.25, 0.3) is 0 Å². The molecule has 31 heavy (non-hydrogen) atoms. The first-order chi connectivity index (χ1) is 15.2. The van der Waals surface area contributed by atoms with Crippen LogP contribution in [0.1, 0.15) is 5.56 Å². The van der Waals surface area contributed by atoms with Gasteiger partial charge in [-0.2, -0.15) is 15.0 Å². The Morgan fingerprint density at radius 1 is 1.00 bits per heavy atom. The van der Waals surface area contributed by atoms with Crippen molar-refractivity contribution in [2.75, 3.05) is 81.4 Å². The first-order valence-corrected chi connectivity index (χ1v) is 10.4. The fourth-order valence-electron chi connectivity index (χ4n) is 2.90. The molecule has 0 atom stereocenters.